The van der Waals surface area contributed by atoms with Crippen molar-refractivity contribution >= 4 is 50.3 Å². The Morgan fingerprint density at radius 3 is 2.57 bits per heavy atom. The van der Waals surface area contributed by atoms with Crippen LogP contribution in [0.3, 0.4) is 0 Å². The van der Waals surface area contributed by atoms with E-state index in [9.17, 15) is 10.1 Å². The van der Waals surface area contributed by atoms with Gasteiger partial charge in [0.05, 0.1) is 15.6 Å². The van der Waals surface area contributed by atoms with E-state index in [4.69, 9.17) is 11.6 Å². The predicted octanol–water partition coefficient (Wildman–Crippen LogP) is 5.19. The minimum Gasteiger partial charge on any atom is -0.385 e. The van der Waals surface area contributed by atoms with E-state index in [-0.39, 0.29) is 5.69 Å². The summed E-state index contributed by atoms with van der Waals surface area (Å²) in [6.07, 6.45) is 0. The maximum absolute atomic E-state index is 11.0. The van der Waals surface area contributed by atoms with Gasteiger partial charge < -0.3 is 10.6 Å². The van der Waals surface area contributed by atoms with Gasteiger partial charge in [-0.25, -0.2) is 0 Å². The van der Waals surface area contributed by atoms with Crippen LogP contribution in [0.25, 0.3) is 0 Å². The second-order valence-electron chi connectivity index (χ2n) is 4.31. The molecule has 0 aliphatic rings. The van der Waals surface area contributed by atoms with E-state index >= 15 is 0 Å². The van der Waals surface area contributed by atoms with Crippen LogP contribution in [0.15, 0.2) is 40.9 Å². The maximum atomic E-state index is 11.0. The molecule has 2 rings (SSSR count). The van der Waals surface area contributed by atoms with Crippen LogP contribution < -0.4 is 10.6 Å². The van der Waals surface area contributed by atoms with E-state index in [0.717, 1.165) is 4.47 Å². The van der Waals surface area contributed by atoms with E-state index in [1.807, 2.05) is 13.0 Å². The Balaban J connectivity index is 2.36. The van der Waals surface area contributed by atoms with Crippen molar-refractivity contribution in [2.24, 2.45) is 0 Å². The molecule has 0 fully saturated rings. The molecule has 2 aromatic carbocycles. The van der Waals surface area contributed by atoms with Crippen molar-refractivity contribution in [1.29, 1.82) is 0 Å². The van der Waals surface area contributed by atoms with Crippen molar-refractivity contribution in [2.45, 2.75) is 6.92 Å². The van der Waals surface area contributed by atoms with Crippen LogP contribution in [0.4, 0.5) is 22.7 Å². The van der Waals surface area contributed by atoms with Gasteiger partial charge in [0.25, 0.3) is 5.69 Å². The highest BCUT2D eigenvalue weighted by Crippen LogP contribution is 2.31. The zero-order valence-electron chi connectivity index (χ0n) is 11.2. The van der Waals surface area contributed by atoms with Gasteiger partial charge in [-0.15, -0.1) is 0 Å². The summed E-state index contributed by atoms with van der Waals surface area (Å²) in [6, 6.07) is 10.2. The van der Waals surface area contributed by atoms with E-state index in [2.05, 4.69) is 26.6 Å². The summed E-state index contributed by atoms with van der Waals surface area (Å²) in [7, 11) is 0. The van der Waals surface area contributed by atoms with Gasteiger partial charge in [0, 0.05) is 34.5 Å². The molecule has 110 valence electrons. The van der Waals surface area contributed by atoms with E-state index < -0.39 is 4.92 Å². The first-order valence-electron chi connectivity index (χ1n) is 6.25. The molecule has 2 N–H and O–H groups in total. The number of benzene rings is 2. The van der Waals surface area contributed by atoms with Crippen LogP contribution in [0.5, 0.6) is 0 Å². The standard InChI is InChI=1S/C14H13BrClN3O2/c1-2-17-10-6-11(8-12(7-10)19(20)21)18-14-4-3-9(15)5-13(14)16/h3-8,17-18H,2H2,1H3. The predicted molar refractivity (Wildman–Crippen MR) is 89.7 cm³/mol. The number of anilines is 3. The highest BCUT2D eigenvalue weighted by molar-refractivity contribution is 9.10. The van der Waals surface area contributed by atoms with Gasteiger partial charge in [-0.2, -0.15) is 0 Å². The number of nitrogens with one attached hydrogen (secondary N) is 2. The summed E-state index contributed by atoms with van der Waals surface area (Å²) >= 11 is 9.47. The molecular formula is C14H13BrClN3O2. The highest BCUT2D eigenvalue weighted by atomic mass is 79.9. The summed E-state index contributed by atoms with van der Waals surface area (Å²) in [4.78, 5) is 10.6. The minimum absolute atomic E-state index is 0.0178. The van der Waals surface area contributed by atoms with Gasteiger partial charge in [0.1, 0.15) is 0 Å². The zero-order chi connectivity index (χ0) is 15.4. The maximum Gasteiger partial charge on any atom is 0.273 e. The fourth-order valence-corrected chi connectivity index (χ4v) is 2.56. The monoisotopic (exact) mass is 369 g/mol. The molecule has 0 radical (unpaired) electrons. The third-order valence-corrected chi connectivity index (χ3v) is 3.53. The molecule has 0 aliphatic heterocycles. The molecule has 21 heavy (non-hydrogen) atoms. The van der Waals surface area contributed by atoms with Crippen molar-refractivity contribution in [1.82, 2.24) is 0 Å². The third kappa shape index (κ3) is 4.09. The number of halogens is 2. The molecule has 0 spiro atoms. The van der Waals surface area contributed by atoms with Crippen LogP contribution in [-0.4, -0.2) is 11.5 Å². The second-order valence-corrected chi connectivity index (χ2v) is 5.63. The molecule has 0 aliphatic carbocycles. The number of nitro groups is 1. The third-order valence-electron chi connectivity index (χ3n) is 2.72. The molecule has 0 unspecified atom stereocenters. The van der Waals surface area contributed by atoms with Crippen LogP contribution >= 0.6 is 27.5 Å². The Bertz CT molecular complexity index is 679. The fourth-order valence-electron chi connectivity index (χ4n) is 1.84. The molecule has 7 heteroatoms. The average molecular weight is 371 g/mol. The average Bonchev–Trinajstić information content (AvgIpc) is 2.42. The van der Waals surface area contributed by atoms with Crippen molar-refractivity contribution in [2.75, 3.05) is 17.2 Å². The topological polar surface area (TPSA) is 67.2 Å². The van der Waals surface area contributed by atoms with E-state index in [0.29, 0.717) is 28.6 Å². The van der Waals surface area contributed by atoms with E-state index in [1.54, 1.807) is 18.2 Å². The van der Waals surface area contributed by atoms with Gasteiger partial charge >= 0.3 is 0 Å². The summed E-state index contributed by atoms with van der Waals surface area (Å²) in [5.41, 5.74) is 1.99. The Hall–Kier alpha value is -1.79. The van der Waals surface area contributed by atoms with Gasteiger partial charge in [-0.05, 0) is 31.2 Å². The Morgan fingerprint density at radius 1 is 1.24 bits per heavy atom. The number of hydrogen-bond donors (Lipinski definition) is 2. The number of rotatable bonds is 5. The molecular weight excluding hydrogens is 358 g/mol. The molecule has 0 amide bonds. The minimum atomic E-state index is -0.421. The quantitative estimate of drug-likeness (QED) is 0.561. The molecule has 2 aromatic rings. The molecule has 0 saturated heterocycles. The molecule has 0 aromatic heterocycles. The van der Waals surface area contributed by atoms with Crippen LogP contribution in [0, 0.1) is 10.1 Å². The van der Waals surface area contributed by atoms with Crippen LogP contribution in [-0.2, 0) is 0 Å². The first-order valence-corrected chi connectivity index (χ1v) is 7.42. The van der Waals surface area contributed by atoms with Gasteiger partial charge in [0.15, 0.2) is 0 Å². The van der Waals surface area contributed by atoms with Crippen molar-refractivity contribution in [3.05, 3.63) is 56.0 Å². The summed E-state index contributed by atoms with van der Waals surface area (Å²) in [6.45, 7) is 2.61. The largest absolute Gasteiger partial charge is 0.385 e. The van der Waals surface area contributed by atoms with Crippen LogP contribution in [0.2, 0.25) is 5.02 Å². The molecule has 0 saturated carbocycles. The number of nitrogens with zero attached hydrogens (tertiary/aromatic N) is 1. The summed E-state index contributed by atoms with van der Waals surface area (Å²) in [5.74, 6) is 0. The first-order chi connectivity index (χ1) is 9.99. The number of hydrogen-bond acceptors (Lipinski definition) is 4. The summed E-state index contributed by atoms with van der Waals surface area (Å²) in [5, 5.41) is 17.7. The lowest BCUT2D eigenvalue weighted by Gasteiger charge is -2.11. The van der Waals surface area contributed by atoms with Crippen molar-refractivity contribution in [3.63, 3.8) is 0 Å². The molecule has 0 atom stereocenters. The van der Waals surface area contributed by atoms with Crippen molar-refractivity contribution < 1.29 is 4.92 Å². The van der Waals surface area contributed by atoms with Gasteiger partial charge in [0.2, 0.25) is 0 Å². The highest BCUT2D eigenvalue weighted by Gasteiger charge is 2.10. The lowest BCUT2D eigenvalue weighted by molar-refractivity contribution is -0.384. The molecule has 0 bridgehead atoms. The van der Waals surface area contributed by atoms with E-state index in [1.165, 1.54) is 12.1 Å². The zero-order valence-corrected chi connectivity index (χ0v) is 13.5. The fraction of sp³-hybridized carbons (Fsp3) is 0.143. The smallest absolute Gasteiger partial charge is 0.273 e. The number of non-ortho nitro benzene ring substituents is 1. The second kappa shape index (κ2) is 6.78. The van der Waals surface area contributed by atoms with Gasteiger partial charge in [-0.3, -0.25) is 10.1 Å². The lowest BCUT2D eigenvalue weighted by atomic mass is 10.2. The Kier molecular flexibility index (Phi) is 5.03. The molecule has 0 heterocycles. The summed E-state index contributed by atoms with van der Waals surface area (Å²) < 4.78 is 0.866. The van der Waals surface area contributed by atoms with Crippen molar-refractivity contribution in [3.8, 4) is 0 Å². The number of nitro benzene ring substituents is 1. The van der Waals surface area contributed by atoms with Gasteiger partial charge in [-0.1, -0.05) is 27.5 Å². The Labute approximate surface area is 135 Å². The van der Waals surface area contributed by atoms with Crippen LogP contribution in [0.1, 0.15) is 6.92 Å². The Morgan fingerprint density at radius 2 is 1.95 bits per heavy atom. The lowest BCUT2D eigenvalue weighted by Crippen LogP contribution is -2.00. The first kappa shape index (κ1) is 15.6. The SMILES string of the molecule is CCNc1cc(Nc2ccc(Br)cc2Cl)cc([N+](=O)[O-])c1. The normalized spacial score (nSPS) is 10.2. The molecule has 5 nitrogen and oxygen atoms in total.